The summed E-state index contributed by atoms with van der Waals surface area (Å²) >= 11 is 0. The molecule has 0 aliphatic carbocycles. The van der Waals surface area contributed by atoms with Gasteiger partial charge in [-0.2, -0.15) is 0 Å². The zero-order chi connectivity index (χ0) is 22.5. The third-order valence-corrected chi connectivity index (χ3v) is 6.21. The van der Waals surface area contributed by atoms with Crippen LogP contribution in [0.5, 0.6) is 0 Å². The molecule has 1 saturated heterocycles. The van der Waals surface area contributed by atoms with Gasteiger partial charge in [0, 0.05) is 18.2 Å². The highest BCUT2D eigenvalue weighted by molar-refractivity contribution is 6.03. The normalized spacial score (nSPS) is 16.0. The average molecular weight is 426 g/mol. The van der Waals surface area contributed by atoms with Crippen LogP contribution in [0.4, 0.5) is 0 Å². The van der Waals surface area contributed by atoms with E-state index < -0.39 is 5.97 Å². The maximum absolute atomic E-state index is 13.1. The number of esters is 1. The number of nitrogens with zero attached hydrogens (tertiary/aromatic N) is 1. The zero-order valence-electron chi connectivity index (χ0n) is 18.7. The minimum atomic E-state index is -0.444. The number of H-pyrrole nitrogens is 1. The third kappa shape index (κ3) is 5.05. The zero-order valence-corrected chi connectivity index (χ0v) is 18.7. The van der Waals surface area contributed by atoms with E-state index in [1.165, 1.54) is 7.11 Å². The van der Waals surface area contributed by atoms with Gasteiger partial charge in [-0.3, -0.25) is 14.5 Å². The lowest BCUT2D eigenvalue weighted by molar-refractivity contribution is -0.126. The van der Waals surface area contributed by atoms with E-state index in [4.69, 9.17) is 4.74 Å². The second-order valence-electron chi connectivity index (χ2n) is 8.17. The van der Waals surface area contributed by atoms with E-state index in [1.54, 1.807) is 13.8 Å². The van der Waals surface area contributed by atoms with Gasteiger partial charge in [-0.15, -0.1) is 0 Å². The van der Waals surface area contributed by atoms with Crippen molar-refractivity contribution >= 4 is 17.7 Å². The van der Waals surface area contributed by atoms with Crippen molar-refractivity contribution < 1.29 is 19.1 Å². The van der Waals surface area contributed by atoms with Crippen LogP contribution in [0.3, 0.4) is 0 Å². The fourth-order valence-electron chi connectivity index (χ4n) is 4.26. The summed E-state index contributed by atoms with van der Waals surface area (Å²) in [6.45, 7) is 7.30. The van der Waals surface area contributed by atoms with Crippen molar-refractivity contribution in [3.05, 3.63) is 58.4 Å². The lowest BCUT2D eigenvalue weighted by Crippen LogP contribution is -2.46. The number of aromatic amines is 1. The largest absolute Gasteiger partial charge is 0.465 e. The molecule has 31 heavy (non-hydrogen) atoms. The van der Waals surface area contributed by atoms with Gasteiger partial charge in [0.25, 0.3) is 0 Å². The summed E-state index contributed by atoms with van der Waals surface area (Å²) in [5.74, 6) is -0.466. The quantitative estimate of drug-likeness (QED) is 0.526. The van der Waals surface area contributed by atoms with Gasteiger partial charge in [0.05, 0.1) is 24.4 Å². The Hall–Kier alpha value is -2.93. The number of likely N-dealkylation sites (tertiary alicyclic amines) is 1. The van der Waals surface area contributed by atoms with Crippen molar-refractivity contribution in [3.8, 4) is 0 Å². The molecular weight excluding hydrogens is 394 g/mol. The van der Waals surface area contributed by atoms with Gasteiger partial charge >= 0.3 is 5.97 Å². The van der Waals surface area contributed by atoms with E-state index in [-0.39, 0.29) is 23.7 Å². The molecule has 0 bridgehead atoms. The molecule has 1 aromatic carbocycles. The van der Waals surface area contributed by atoms with Gasteiger partial charge in [-0.05, 0) is 57.8 Å². The topological polar surface area (TPSA) is 91.5 Å². The summed E-state index contributed by atoms with van der Waals surface area (Å²) < 4.78 is 4.83. The molecule has 2 aromatic rings. The number of amides is 1. The monoisotopic (exact) mass is 425 g/mol. The number of hydrogen-bond acceptors (Lipinski definition) is 5. The van der Waals surface area contributed by atoms with Crippen molar-refractivity contribution in [1.82, 2.24) is 15.2 Å². The predicted molar refractivity (Wildman–Crippen MR) is 118 cm³/mol. The number of nitrogens with one attached hydrogen (secondary N) is 2. The number of carbonyl (C=O) groups excluding carboxylic acids is 3. The average Bonchev–Trinajstić information content (AvgIpc) is 3.10. The molecule has 1 aliphatic heterocycles. The maximum atomic E-state index is 13.1. The molecule has 7 heteroatoms. The van der Waals surface area contributed by atoms with E-state index in [0.717, 1.165) is 5.56 Å². The number of piperidine rings is 1. The Labute approximate surface area is 183 Å². The van der Waals surface area contributed by atoms with E-state index in [2.05, 4.69) is 15.2 Å². The Kier molecular flexibility index (Phi) is 7.28. The van der Waals surface area contributed by atoms with Crippen LogP contribution >= 0.6 is 0 Å². The number of Topliss-reactive ketones (excluding diaryl/α,β-unsaturated/α-hetero) is 1. The van der Waals surface area contributed by atoms with Crippen LogP contribution in [-0.2, 0) is 16.1 Å². The van der Waals surface area contributed by atoms with Crippen molar-refractivity contribution in [1.29, 1.82) is 0 Å². The number of methoxy groups -OCH3 is 1. The summed E-state index contributed by atoms with van der Waals surface area (Å²) in [5.41, 5.74) is 3.21. The van der Waals surface area contributed by atoms with Gasteiger partial charge in [0.1, 0.15) is 0 Å². The molecule has 1 aliphatic rings. The summed E-state index contributed by atoms with van der Waals surface area (Å²) in [6.07, 6.45) is 1.43. The molecule has 1 fully saturated rings. The highest BCUT2D eigenvalue weighted by atomic mass is 16.5. The smallest absolute Gasteiger partial charge is 0.339 e. The molecule has 0 saturated carbocycles. The number of aryl methyl sites for hydroxylation is 1. The first-order chi connectivity index (χ1) is 14.8. The molecule has 1 amide bonds. The Morgan fingerprint density at radius 2 is 1.81 bits per heavy atom. The first kappa shape index (κ1) is 22.7. The molecule has 0 spiro atoms. The number of hydrogen-bond donors (Lipinski definition) is 2. The second kappa shape index (κ2) is 9.92. The van der Waals surface area contributed by atoms with Crippen LogP contribution in [0.15, 0.2) is 30.3 Å². The molecular formula is C24H31N3O4. The van der Waals surface area contributed by atoms with Gasteiger partial charge < -0.3 is 15.0 Å². The van der Waals surface area contributed by atoms with Gasteiger partial charge in [-0.1, -0.05) is 30.3 Å². The van der Waals surface area contributed by atoms with E-state index in [9.17, 15) is 14.4 Å². The summed E-state index contributed by atoms with van der Waals surface area (Å²) in [5, 5.41) is 3.02. The minimum Gasteiger partial charge on any atom is -0.465 e. The van der Waals surface area contributed by atoms with Crippen LogP contribution in [0, 0.1) is 19.8 Å². The van der Waals surface area contributed by atoms with E-state index >= 15 is 0 Å². The molecule has 2 N–H and O–H groups in total. The molecule has 1 aromatic heterocycles. The second-order valence-corrected chi connectivity index (χ2v) is 8.17. The number of carbonyl (C=O) groups is 3. The number of ketones is 1. The van der Waals surface area contributed by atoms with Crippen molar-refractivity contribution in [3.63, 3.8) is 0 Å². The molecule has 2 heterocycles. The van der Waals surface area contributed by atoms with Gasteiger partial charge in [-0.25, -0.2) is 4.79 Å². The lowest BCUT2D eigenvalue weighted by atomic mass is 9.93. The molecule has 1 unspecified atom stereocenters. The van der Waals surface area contributed by atoms with Gasteiger partial charge in [0.15, 0.2) is 5.78 Å². The minimum absolute atomic E-state index is 0.0392. The number of rotatable bonds is 7. The summed E-state index contributed by atoms with van der Waals surface area (Å²) in [6, 6.07) is 9.52. The van der Waals surface area contributed by atoms with Crippen molar-refractivity contribution in [2.45, 2.75) is 46.2 Å². The van der Waals surface area contributed by atoms with Gasteiger partial charge in [0.2, 0.25) is 5.91 Å². The lowest BCUT2D eigenvalue weighted by Gasteiger charge is -2.34. The predicted octanol–water partition coefficient (Wildman–Crippen LogP) is 3.02. The SMILES string of the molecule is COC(=O)c1c(C)[nH]c(C(=O)C(C)N2CCC(C(=O)NCc3ccccc3)CC2)c1C. The van der Waals surface area contributed by atoms with Crippen LogP contribution in [0.25, 0.3) is 0 Å². The van der Waals surface area contributed by atoms with Crippen LogP contribution in [0.2, 0.25) is 0 Å². The van der Waals surface area contributed by atoms with Crippen molar-refractivity contribution in [2.75, 3.05) is 20.2 Å². The standard InChI is InChI=1S/C24H31N3O4/c1-15-20(24(30)31-4)16(2)26-21(15)22(28)17(3)27-12-10-19(11-13-27)23(29)25-14-18-8-6-5-7-9-18/h5-9,17,19,26H,10-14H2,1-4H3,(H,25,29). The van der Waals surface area contributed by atoms with E-state index in [1.807, 2.05) is 37.3 Å². The highest BCUT2D eigenvalue weighted by Gasteiger charge is 2.32. The summed E-state index contributed by atoms with van der Waals surface area (Å²) in [7, 11) is 1.33. The fraction of sp³-hybridized carbons (Fsp3) is 0.458. The Morgan fingerprint density at radius 1 is 1.16 bits per heavy atom. The number of ether oxygens (including phenoxy) is 1. The van der Waals surface area contributed by atoms with Crippen LogP contribution < -0.4 is 5.32 Å². The molecule has 0 radical (unpaired) electrons. The number of benzene rings is 1. The molecule has 1 atom stereocenters. The molecule has 3 rings (SSSR count). The van der Waals surface area contributed by atoms with Crippen molar-refractivity contribution in [2.24, 2.45) is 5.92 Å². The third-order valence-electron chi connectivity index (χ3n) is 6.21. The van der Waals surface area contributed by atoms with E-state index in [0.29, 0.717) is 55.0 Å². The maximum Gasteiger partial charge on any atom is 0.339 e. The molecule has 7 nitrogen and oxygen atoms in total. The fourth-order valence-corrected chi connectivity index (χ4v) is 4.26. The Morgan fingerprint density at radius 3 is 2.42 bits per heavy atom. The van der Waals surface area contributed by atoms with Crippen LogP contribution in [-0.4, -0.2) is 53.8 Å². The Balaban J connectivity index is 1.56. The number of aromatic nitrogens is 1. The molecule has 166 valence electrons. The first-order valence-corrected chi connectivity index (χ1v) is 10.7. The Bertz CT molecular complexity index is 943. The first-order valence-electron chi connectivity index (χ1n) is 10.7. The summed E-state index contributed by atoms with van der Waals surface area (Å²) in [4.78, 5) is 42.8. The van der Waals surface area contributed by atoms with Crippen LogP contribution in [0.1, 0.15) is 57.4 Å². The highest BCUT2D eigenvalue weighted by Crippen LogP contribution is 2.24.